The van der Waals surface area contributed by atoms with E-state index in [0.29, 0.717) is 18.1 Å². The second-order valence-corrected chi connectivity index (χ2v) is 5.01. The Balaban J connectivity index is 1.96. The minimum Gasteiger partial charge on any atom is -0.348 e. The highest BCUT2D eigenvalue weighted by atomic mass is 32.1. The molecule has 1 saturated heterocycles. The second kappa shape index (κ2) is 5.77. The Labute approximate surface area is 115 Å². The van der Waals surface area contributed by atoms with E-state index in [1.807, 2.05) is 30.3 Å². The smallest absolute Gasteiger partial charge is 0.348 e. The lowest BCUT2D eigenvalue weighted by atomic mass is 9.98. The summed E-state index contributed by atoms with van der Waals surface area (Å²) in [6.45, 7) is 0.521. The van der Waals surface area contributed by atoms with Crippen molar-refractivity contribution in [1.82, 2.24) is 4.90 Å². The number of likely N-dealkylation sites (tertiary alicyclic amines) is 1. The van der Waals surface area contributed by atoms with Gasteiger partial charge in [0.15, 0.2) is 5.11 Å². The molecule has 19 heavy (non-hydrogen) atoms. The van der Waals surface area contributed by atoms with Crippen LogP contribution in [0.4, 0.5) is 18.9 Å². The van der Waals surface area contributed by atoms with Gasteiger partial charge in [0, 0.05) is 18.8 Å². The molecule has 1 atom stereocenters. The van der Waals surface area contributed by atoms with Crippen molar-refractivity contribution in [3.8, 4) is 0 Å². The first-order valence-electron chi connectivity index (χ1n) is 6.14. The van der Waals surface area contributed by atoms with Gasteiger partial charge in [-0.1, -0.05) is 18.2 Å². The number of anilines is 1. The summed E-state index contributed by atoms with van der Waals surface area (Å²) in [6, 6.07) is 9.23. The van der Waals surface area contributed by atoms with Crippen molar-refractivity contribution in [3.63, 3.8) is 0 Å². The fourth-order valence-corrected chi connectivity index (χ4v) is 2.44. The van der Waals surface area contributed by atoms with Crippen molar-refractivity contribution in [2.24, 2.45) is 5.92 Å². The average Bonchev–Trinajstić information content (AvgIpc) is 2.39. The molecule has 1 unspecified atom stereocenters. The molecule has 0 aliphatic carbocycles. The zero-order valence-corrected chi connectivity index (χ0v) is 11.1. The molecule has 0 aromatic heterocycles. The van der Waals surface area contributed by atoms with E-state index < -0.39 is 12.1 Å². The molecule has 0 bridgehead atoms. The van der Waals surface area contributed by atoms with Crippen LogP contribution in [0.5, 0.6) is 0 Å². The number of piperidine rings is 1. The molecule has 1 aromatic carbocycles. The number of alkyl halides is 3. The second-order valence-electron chi connectivity index (χ2n) is 4.62. The Morgan fingerprint density at radius 1 is 1.26 bits per heavy atom. The zero-order valence-electron chi connectivity index (χ0n) is 10.3. The number of hydrogen-bond acceptors (Lipinski definition) is 1. The molecule has 1 aliphatic rings. The minimum absolute atomic E-state index is 0.0534. The molecule has 2 nitrogen and oxygen atoms in total. The third-order valence-electron chi connectivity index (χ3n) is 3.20. The van der Waals surface area contributed by atoms with Crippen molar-refractivity contribution in [2.75, 3.05) is 18.4 Å². The van der Waals surface area contributed by atoms with Gasteiger partial charge >= 0.3 is 6.18 Å². The van der Waals surface area contributed by atoms with Gasteiger partial charge in [-0.15, -0.1) is 0 Å². The van der Waals surface area contributed by atoms with Crippen LogP contribution >= 0.6 is 12.2 Å². The monoisotopic (exact) mass is 288 g/mol. The van der Waals surface area contributed by atoms with Crippen molar-refractivity contribution < 1.29 is 13.2 Å². The molecule has 0 radical (unpaired) electrons. The maximum atomic E-state index is 12.7. The zero-order chi connectivity index (χ0) is 13.9. The van der Waals surface area contributed by atoms with Crippen LogP contribution < -0.4 is 5.32 Å². The van der Waals surface area contributed by atoms with E-state index in [-0.39, 0.29) is 13.0 Å². The van der Waals surface area contributed by atoms with E-state index >= 15 is 0 Å². The number of para-hydroxylation sites is 1. The maximum Gasteiger partial charge on any atom is 0.393 e. The number of thiocarbonyl (C=S) groups is 1. The van der Waals surface area contributed by atoms with Crippen molar-refractivity contribution in [3.05, 3.63) is 30.3 Å². The highest BCUT2D eigenvalue weighted by molar-refractivity contribution is 7.80. The Hall–Kier alpha value is -1.30. The Morgan fingerprint density at radius 3 is 2.58 bits per heavy atom. The molecule has 0 saturated carbocycles. The maximum absolute atomic E-state index is 12.7. The van der Waals surface area contributed by atoms with Gasteiger partial charge in [-0.3, -0.25) is 0 Å². The van der Waals surface area contributed by atoms with E-state index in [1.165, 1.54) is 0 Å². The van der Waals surface area contributed by atoms with E-state index in [2.05, 4.69) is 5.32 Å². The number of nitrogens with one attached hydrogen (secondary N) is 1. The first kappa shape index (κ1) is 14.1. The third kappa shape index (κ3) is 3.83. The van der Waals surface area contributed by atoms with Gasteiger partial charge in [-0.25, -0.2) is 0 Å². The molecule has 1 aliphatic heterocycles. The van der Waals surface area contributed by atoms with Crippen LogP contribution in [0.3, 0.4) is 0 Å². The van der Waals surface area contributed by atoms with E-state index in [0.717, 1.165) is 5.69 Å². The van der Waals surface area contributed by atoms with Crippen LogP contribution in [0.25, 0.3) is 0 Å². The Bertz CT molecular complexity index is 433. The molecule has 1 fully saturated rings. The predicted molar refractivity (Wildman–Crippen MR) is 73.0 cm³/mol. The van der Waals surface area contributed by atoms with Crippen molar-refractivity contribution in [1.29, 1.82) is 0 Å². The van der Waals surface area contributed by atoms with Crippen molar-refractivity contribution >= 4 is 23.0 Å². The van der Waals surface area contributed by atoms with E-state index in [1.54, 1.807) is 4.90 Å². The molecule has 1 heterocycles. The molecule has 6 heteroatoms. The summed E-state index contributed by atoms with van der Waals surface area (Å²) in [6.07, 6.45) is -3.43. The van der Waals surface area contributed by atoms with Gasteiger partial charge in [-0.05, 0) is 37.2 Å². The van der Waals surface area contributed by atoms with Crippen LogP contribution in [-0.2, 0) is 0 Å². The first-order valence-corrected chi connectivity index (χ1v) is 6.55. The summed E-state index contributed by atoms with van der Waals surface area (Å²) < 4.78 is 38.1. The van der Waals surface area contributed by atoms with Crippen LogP contribution in [0, 0.1) is 5.92 Å². The van der Waals surface area contributed by atoms with Gasteiger partial charge in [0.05, 0.1) is 5.92 Å². The average molecular weight is 288 g/mol. The van der Waals surface area contributed by atoms with Crippen LogP contribution in [0.1, 0.15) is 12.8 Å². The number of nitrogens with zero attached hydrogens (tertiary/aromatic N) is 1. The summed E-state index contributed by atoms with van der Waals surface area (Å²) >= 11 is 5.18. The molecule has 0 spiro atoms. The number of halogens is 3. The Kier molecular flexibility index (Phi) is 4.29. The normalized spacial score (nSPS) is 20.2. The minimum atomic E-state index is -4.14. The van der Waals surface area contributed by atoms with Crippen LogP contribution in [-0.4, -0.2) is 29.3 Å². The molecule has 104 valence electrons. The van der Waals surface area contributed by atoms with Gasteiger partial charge in [0.25, 0.3) is 0 Å². The van der Waals surface area contributed by atoms with E-state index in [9.17, 15) is 13.2 Å². The summed E-state index contributed by atoms with van der Waals surface area (Å²) in [4.78, 5) is 1.60. The lowest BCUT2D eigenvalue weighted by Crippen LogP contribution is -2.46. The summed E-state index contributed by atoms with van der Waals surface area (Å²) in [5, 5.41) is 3.33. The largest absolute Gasteiger partial charge is 0.393 e. The fourth-order valence-electron chi connectivity index (χ4n) is 2.15. The molecular weight excluding hydrogens is 273 g/mol. The van der Waals surface area contributed by atoms with Gasteiger partial charge in [-0.2, -0.15) is 13.2 Å². The topological polar surface area (TPSA) is 15.3 Å². The quantitative estimate of drug-likeness (QED) is 0.794. The first-order chi connectivity index (χ1) is 8.97. The highest BCUT2D eigenvalue weighted by Crippen LogP contribution is 2.33. The van der Waals surface area contributed by atoms with Gasteiger partial charge in [0.2, 0.25) is 0 Å². The Morgan fingerprint density at radius 2 is 1.95 bits per heavy atom. The molecule has 1 N–H and O–H groups in total. The lowest BCUT2D eigenvalue weighted by molar-refractivity contribution is -0.183. The summed E-state index contributed by atoms with van der Waals surface area (Å²) in [7, 11) is 0. The van der Waals surface area contributed by atoms with Crippen LogP contribution in [0.2, 0.25) is 0 Å². The fraction of sp³-hybridized carbons (Fsp3) is 0.462. The van der Waals surface area contributed by atoms with Crippen LogP contribution in [0.15, 0.2) is 30.3 Å². The summed E-state index contributed by atoms with van der Waals surface area (Å²) in [5.74, 6) is -1.28. The SMILES string of the molecule is FC(F)(F)C1CCCN(C(=S)Nc2ccccc2)C1. The highest BCUT2D eigenvalue weighted by Gasteiger charge is 2.42. The third-order valence-corrected chi connectivity index (χ3v) is 3.56. The van der Waals surface area contributed by atoms with Crippen molar-refractivity contribution in [2.45, 2.75) is 19.0 Å². The molecule has 1 aromatic rings. The number of rotatable bonds is 1. The van der Waals surface area contributed by atoms with Gasteiger partial charge < -0.3 is 10.2 Å². The predicted octanol–water partition coefficient (Wildman–Crippen LogP) is 3.66. The van der Waals surface area contributed by atoms with E-state index in [4.69, 9.17) is 12.2 Å². The standard InChI is InChI=1S/C13H15F3N2S/c14-13(15,16)10-5-4-8-18(9-10)12(19)17-11-6-2-1-3-7-11/h1-3,6-7,10H,4-5,8-9H2,(H,17,19). The molecular formula is C13H15F3N2S. The molecule has 0 amide bonds. The molecule has 2 rings (SSSR count). The number of hydrogen-bond donors (Lipinski definition) is 1. The lowest BCUT2D eigenvalue weighted by Gasteiger charge is -2.35. The van der Waals surface area contributed by atoms with Gasteiger partial charge in [0.1, 0.15) is 0 Å². The summed E-state index contributed by atoms with van der Waals surface area (Å²) in [5.41, 5.74) is 0.793. The number of benzene rings is 1.